The molecule has 0 aliphatic rings. The van der Waals surface area contributed by atoms with Crippen molar-refractivity contribution in [1.29, 1.82) is 0 Å². The highest BCUT2D eigenvalue weighted by molar-refractivity contribution is 5.69. The van der Waals surface area contributed by atoms with Crippen molar-refractivity contribution in [3.05, 3.63) is 23.5 Å². The van der Waals surface area contributed by atoms with Gasteiger partial charge in [-0.3, -0.25) is 10.2 Å². The van der Waals surface area contributed by atoms with Crippen molar-refractivity contribution in [2.75, 3.05) is 0 Å². The average Bonchev–Trinajstić information content (AvgIpc) is 2.74. The molecule has 2 heterocycles. The first-order valence-electron chi connectivity index (χ1n) is 3.27. The first-order valence-corrected chi connectivity index (χ1v) is 3.27. The number of nitrogens with one attached hydrogen (secondary N) is 2. The maximum atomic E-state index is 10.2. The van der Waals surface area contributed by atoms with Crippen LogP contribution in [-0.2, 0) is 0 Å². The lowest BCUT2D eigenvalue weighted by Gasteiger charge is -1.88. The Morgan fingerprint density at radius 1 is 1.33 bits per heavy atom. The molecule has 0 saturated carbocycles. The lowest BCUT2D eigenvalue weighted by molar-refractivity contribution is 1.09. The molecule has 0 unspecified atom stereocenters. The summed E-state index contributed by atoms with van der Waals surface area (Å²) in [6.45, 7) is 0. The molecule has 0 aromatic carbocycles. The Balaban J connectivity index is 2.53. The van der Waals surface area contributed by atoms with Crippen LogP contribution in [0.4, 0.5) is 5.69 Å². The number of hydrogen-bond donors (Lipinski definition) is 2. The fourth-order valence-electron chi connectivity index (χ4n) is 0.949. The number of nitrogens with zero attached hydrogens (tertiary/aromatic N) is 3. The third-order valence-electron chi connectivity index (χ3n) is 1.50. The van der Waals surface area contributed by atoms with Crippen LogP contribution in [0.2, 0.25) is 0 Å². The number of aromatic nitrogens is 4. The number of hydrogen-bond acceptors (Lipinski definition) is 4. The molecule has 2 aromatic rings. The van der Waals surface area contributed by atoms with Gasteiger partial charge in [-0.1, -0.05) is 0 Å². The molecule has 2 aromatic heterocycles. The summed E-state index contributed by atoms with van der Waals surface area (Å²) in [6, 6.07) is 0. The molecule has 60 valence electrons. The maximum Gasteiger partial charge on any atom is 0.153 e. The van der Waals surface area contributed by atoms with Crippen LogP contribution in [0.15, 0.2) is 23.8 Å². The van der Waals surface area contributed by atoms with Crippen molar-refractivity contribution in [2.45, 2.75) is 0 Å². The number of aromatic amines is 2. The summed E-state index contributed by atoms with van der Waals surface area (Å²) in [6.07, 6.45) is 4.61. The van der Waals surface area contributed by atoms with Gasteiger partial charge in [-0.15, -0.1) is 4.91 Å². The molecular weight excluding hydrogens is 158 g/mol. The molecule has 0 bridgehead atoms. The summed E-state index contributed by atoms with van der Waals surface area (Å²) >= 11 is 0. The van der Waals surface area contributed by atoms with Gasteiger partial charge >= 0.3 is 0 Å². The van der Waals surface area contributed by atoms with Crippen LogP contribution in [0.25, 0.3) is 11.3 Å². The quantitative estimate of drug-likeness (QED) is 0.652. The molecule has 0 aliphatic carbocycles. The summed E-state index contributed by atoms with van der Waals surface area (Å²) < 4.78 is 0. The summed E-state index contributed by atoms with van der Waals surface area (Å²) in [5.74, 6) is 0. The lowest BCUT2D eigenvalue weighted by atomic mass is 10.2. The van der Waals surface area contributed by atoms with Gasteiger partial charge in [-0.2, -0.15) is 10.2 Å². The Hall–Kier alpha value is -1.98. The summed E-state index contributed by atoms with van der Waals surface area (Å²) in [5.41, 5.74) is 1.64. The molecule has 0 atom stereocenters. The number of rotatable bonds is 2. The van der Waals surface area contributed by atoms with Crippen molar-refractivity contribution in [3.8, 4) is 11.3 Å². The molecule has 6 heteroatoms. The second kappa shape index (κ2) is 2.57. The van der Waals surface area contributed by atoms with E-state index >= 15 is 0 Å². The first-order chi connectivity index (χ1) is 5.92. The minimum Gasteiger partial charge on any atom is -0.285 e. The molecule has 2 N–H and O–H groups in total. The van der Waals surface area contributed by atoms with Gasteiger partial charge in [0.2, 0.25) is 0 Å². The Bertz CT molecular complexity index is 376. The van der Waals surface area contributed by atoms with Crippen LogP contribution in [0, 0.1) is 4.91 Å². The van der Waals surface area contributed by atoms with Crippen LogP contribution >= 0.6 is 0 Å². The molecule has 0 fully saturated rings. The van der Waals surface area contributed by atoms with E-state index in [1.807, 2.05) is 0 Å². The Kier molecular flexibility index (Phi) is 1.44. The smallest absolute Gasteiger partial charge is 0.153 e. The van der Waals surface area contributed by atoms with Crippen molar-refractivity contribution >= 4 is 5.69 Å². The van der Waals surface area contributed by atoms with E-state index in [-0.39, 0.29) is 5.69 Å². The zero-order valence-electron chi connectivity index (χ0n) is 5.98. The summed E-state index contributed by atoms with van der Waals surface area (Å²) in [5, 5.41) is 15.5. The fraction of sp³-hybridized carbons (Fsp3) is 0. The van der Waals surface area contributed by atoms with Crippen LogP contribution in [0.5, 0.6) is 0 Å². The molecule has 0 aliphatic heterocycles. The molecule has 0 saturated heterocycles. The van der Waals surface area contributed by atoms with Gasteiger partial charge in [0.25, 0.3) is 0 Å². The normalized spacial score (nSPS) is 10.0. The molecule has 12 heavy (non-hydrogen) atoms. The number of nitroso groups, excluding NO2 is 1. The van der Waals surface area contributed by atoms with Gasteiger partial charge in [-0.25, -0.2) is 0 Å². The maximum absolute atomic E-state index is 10.2. The molecule has 0 radical (unpaired) electrons. The van der Waals surface area contributed by atoms with Gasteiger partial charge < -0.3 is 0 Å². The Labute approximate surface area is 67.0 Å². The van der Waals surface area contributed by atoms with E-state index in [1.54, 1.807) is 12.4 Å². The van der Waals surface area contributed by atoms with E-state index in [1.165, 1.54) is 6.20 Å². The van der Waals surface area contributed by atoms with Crippen molar-refractivity contribution in [3.63, 3.8) is 0 Å². The zero-order valence-corrected chi connectivity index (χ0v) is 5.98. The summed E-state index contributed by atoms with van der Waals surface area (Å²) in [4.78, 5) is 10.2. The van der Waals surface area contributed by atoms with Crippen LogP contribution < -0.4 is 0 Å². The largest absolute Gasteiger partial charge is 0.285 e. The van der Waals surface area contributed by atoms with Crippen molar-refractivity contribution in [1.82, 2.24) is 20.4 Å². The van der Waals surface area contributed by atoms with Crippen LogP contribution in [0.1, 0.15) is 0 Å². The monoisotopic (exact) mass is 163 g/mol. The van der Waals surface area contributed by atoms with Gasteiger partial charge in [0.1, 0.15) is 0 Å². The highest BCUT2D eigenvalue weighted by Crippen LogP contribution is 2.25. The standard InChI is InChI=1S/C6H5N5O/c12-11-5-3-9-10-6(5)4-1-7-8-2-4/h1-3H,(H,7,8)(H,9,10). The van der Waals surface area contributed by atoms with E-state index in [0.717, 1.165) is 5.56 Å². The average molecular weight is 163 g/mol. The highest BCUT2D eigenvalue weighted by atomic mass is 16.3. The minimum absolute atomic E-state index is 0.288. The van der Waals surface area contributed by atoms with Crippen LogP contribution in [-0.4, -0.2) is 20.4 Å². The fourth-order valence-corrected chi connectivity index (χ4v) is 0.949. The molecule has 0 amide bonds. The van der Waals surface area contributed by atoms with Crippen molar-refractivity contribution in [2.24, 2.45) is 5.18 Å². The number of H-pyrrole nitrogens is 2. The van der Waals surface area contributed by atoms with Crippen LogP contribution in [0.3, 0.4) is 0 Å². The highest BCUT2D eigenvalue weighted by Gasteiger charge is 2.07. The van der Waals surface area contributed by atoms with Crippen molar-refractivity contribution < 1.29 is 0 Å². The van der Waals surface area contributed by atoms with Gasteiger partial charge in [0, 0.05) is 11.8 Å². The Morgan fingerprint density at radius 3 is 2.92 bits per heavy atom. The molecule has 0 spiro atoms. The lowest BCUT2D eigenvalue weighted by Crippen LogP contribution is -1.73. The predicted molar refractivity (Wildman–Crippen MR) is 41.6 cm³/mol. The Morgan fingerprint density at radius 2 is 2.25 bits per heavy atom. The zero-order chi connectivity index (χ0) is 8.39. The predicted octanol–water partition coefficient (Wildman–Crippen LogP) is 1.20. The van der Waals surface area contributed by atoms with E-state index in [4.69, 9.17) is 0 Å². The summed E-state index contributed by atoms with van der Waals surface area (Å²) in [7, 11) is 0. The minimum atomic E-state index is 0.288. The molecular formula is C6H5N5O. The molecule has 2 rings (SSSR count). The van der Waals surface area contributed by atoms with E-state index in [0.29, 0.717) is 5.69 Å². The second-order valence-electron chi connectivity index (χ2n) is 2.21. The topological polar surface area (TPSA) is 86.8 Å². The van der Waals surface area contributed by atoms with Gasteiger partial charge in [0.05, 0.1) is 18.1 Å². The van der Waals surface area contributed by atoms with E-state index in [2.05, 4.69) is 25.6 Å². The third-order valence-corrected chi connectivity index (χ3v) is 1.50. The van der Waals surface area contributed by atoms with E-state index < -0.39 is 0 Å². The third kappa shape index (κ3) is 0.895. The first kappa shape index (κ1) is 6.71. The van der Waals surface area contributed by atoms with Gasteiger partial charge in [-0.05, 0) is 5.18 Å². The molecule has 6 nitrogen and oxygen atoms in total. The van der Waals surface area contributed by atoms with Gasteiger partial charge in [0.15, 0.2) is 5.69 Å². The SMILES string of the molecule is O=Nc1cn[nH]c1-c1cn[nH]c1. The second-order valence-corrected chi connectivity index (χ2v) is 2.21. The van der Waals surface area contributed by atoms with E-state index in [9.17, 15) is 4.91 Å².